The minimum absolute atomic E-state index is 0.0880. The molecule has 1 aromatic heterocycles. The number of ketones is 1. The van der Waals surface area contributed by atoms with Crippen molar-refractivity contribution < 1.29 is 22.7 Å². The number of Topliss-reactive ketones (excluding diaryl/α,β-unsaturated/α-hetero) is 1. The third-order valence-electron chi connectivity index (χ3n) is 8.87. The number of aromatic nitrogens is 1. The second-order valence-electron chi connectivity index (χ2n) is 11.7. The Morgan fingerprint density at radius 2 is 1.79 bits per heavy atom. The van der Waals surface area contributed by atoms with Gasteiger partial charge in [-0.15, -0.1) is 0 Å². The standard InChI is InChI=1S/C32H38N4O5S/c1-35-15-6-9-29(37)24-17-23-18-25(41-2)11-13-26(23)31-30(21-7-4-3-5-8-21)27-12-10-22(19-28(27)36(31)20-24)32(38)34-42(39,40)33-14-16-35/h10-13,17-19,21,33H,3-9,14-16,20H2,1-2H3,(H,34,38). The number of nitrogens with zero attached hydrogens (tertiary/aromatic N) is 2. The first-order valence-corrected chi connectivity index (χ1v) is 16.3. The van der Waals surface area contributed by atoms with Crippen LogP contribution in [0.2, 0.25) is 0 Å². The summed E-state index contributed by atoms with van der Waals surface area (Å²) in [7, 11) is -0.505. The summed E-state index contributed by atoms with van der Waals surface area (Å²) in [5, 5.41) is 1.05. The van der Waals surface area contributed by atoms with E-state index in [1.807, 2.05) is 36.2 Å². The van der Waals surface area contributed by atoms with Gasteiger partial charge in [-0.3, -0.25) is 9.59 Å². The van der Waals surface area contributed by atoms with Gasteiger partial charge in [-0.2, -0.15) is 13.1 Å². The summed E-state index contributed by atoms with van der Waals surface area (Å²) in [6.07, 6.45) is 8.75. The van der Waals surface area contributed by atoms with Crippen molar-refractivity contribution in [3.63, 3.8) is 0 Å². The zero-order valence-corrected chi connectivity index (χ0v) is 25.1. The van der Waals surface area contributed by atoms with Crippen LogP contribution < -0.4 is 14.2 Å². The van der Waals surface area contributed by atoms with Crippen LogP contribution in [0, 0.1) is 0 Å². The van der Waals surface area contributed by atoms with Gasteiger partial charge in [0.15, 0.2) is 5.78 Å². The SMILES string of the molecule is COc1ccc2c(c1)C=C1Cn3c-2c(C2CCCCC2)c2ccc(cc23)C(=O)NS(=O)(=O)NCCN(C)CCCC1=O. The third-order valence-corrected chi connectivity index (χ3v) is 9.90. The molecular formula is C32H38N4O5S. The van der Waals surface area contributed by atoms with Crippen molar-refractivity contribution in [2.45, 2.75) is 57.4 Å². The number of hydrogen-bond acceptors (Lipinski definition) is 6. The molecule has 1 aliphatic carbocycles. The van der Waals surface area contributed by atoms with Crippen molar-refractivity contribution in [2.24, 2.45) is 0 Å². The number of carbonyl (C=O) groups is 2. The summed E-state index contributed by atoms with van der Waals surface area (Å²) in [5.41, 5.74) is 6.08. The number of likely N-dealkylation sites (N-methyl/N-ethyl adjacent to an activating group) is 1. The van der Waals surface area contributed by atoms with Gasteiger partial charge in [0.25, 0.3) is 5.91 Å². The molecule has 2 N–H and O–H groups in total. The van der Waals surface area contributed by atoms with E-state index in [1.54, 1.807) is 19.2 Å². The van der Waals surface area contributed by atoms with Gasteiger partial charge >= 0.3 is 10.2 Å². The molecule has 1 fully saturated rings. The molecule has 2 aliphatic heterocycles. The Morgan fingerprint density at radius 3 is 2.57 bits per heavy atom. The Kier molecular flexibility index (Phi) is 7.95. The normalized spacial score (nSPS) is 20.6. The number of fused-ring (bicyclic) bond motifs is 4. The van der Waals surface area contributed by atoms with Crippen LogP contribution in [0.1, 0.15) is 72.3 Å². The van der Waals surface area contributed by atoms with Gasteiger partial charge in [-0.25, -0.2) is 4.72 Å². The van der Waals surface area contributed by atoms with Crippen LogP contribution >= 0.6 is 0 Å². The van der Waals surface area contributed by atoms with E-state index in [0.717, 1.165) is 59.2 Å². The molecule has 6 rings (SSSR count). The average Bonchev–Trinajstić information content (AvgIpc) is 3.18. The van der Waals surface area contributed by atoms with Crippen LogP contribution in [0.15, 0.2) is 42.0 Å². The van der Waals surface area contributed by atoms with E-state index in [2.05, 4.69) is 20.1 Å². The van der Waals surface area contributed by atoms with Crippen molar-refractivity contribution in [2.75, 3.05) is 33.8 Å². The number of rotatable bonds is 2. The summed E-state index contributed by atoms with van der Waals surface area (Å²) in [4.78, 5) is 28.9. The first kappa shape index (κ1) is 28.6. The molecule has 0 radical (unpaired) electrons. The van der Waals surface area contributed by atoms with Crippen LogP contribution in [0.4, 0.5) is 0 Å². The maximum Gasteiger partial charge on any atom is 0.301 e. The van der Waals surface area contributed by atoms with Crippen LogP contribution in [-0.4, -0.2) is 63.4 Å². The predicted molar refractivity (Wildman–Crippen MR) is 164 cm³/mol. The summed E-state index contributed by atoms with van der Waals surface area (Å²) >= 11 is 0. The lowest BCUT2D eigenvalue weighted by molar-refractivity contribution is -0.115. The van der Waals surface area contributed by atoms with Crippen LogP contribution in [0.3, 0.4) is 0 Å². The highest BCUT2D eigenvalue weighted by molar-refractivity contribution is 7.88. The topological polar surface area (TPSA) is 110 Å². The fourth-order valence-corrected chi connectivity index (χ4v) is 7.52. The molecule has 9 nitrogen and oxygen atoms in total. The minimum atomic E-state index is -4.04. The summed E-state index contributed by atoms with van der Waals surface area (Å²) in [5.74, 6) is 0.472. The smallest absolute Gasteiger partial charge is 0.301 e. The minimum Gasteiger partial charge on any atom is -0.497 e. The number of methoxy groups -OCH3 is 1. The molecule has 0 unspecified atom stereocenters. The van der Waals surface area contributed by atoms with Crippen LogP contribution in [-0.2, 0) is 21.5 Å². The zero-order valence-electron chi connectivity index (χ0n) is 24.2. The summed E-state index contributed by atoms with van der Waals surface area (Å²) in [6.45, 7) is 1.61. The highest BCUT2D eigenvalue weighted by Gasteiger charge is 2.31. The Morgan fingerprint density at radius 1 is 0.976 bits per heavy atom. The number of carbonyl (C=O) groups excluding carboxylic acids is 2. The lowest BCUT2D eigenvalue weighted by Gasteiger charge is -2.24. The number of nitrogens with one attached hydrogen (secondary N) is 2. The zero-order chi connectivity index (χ0) is 29.4. The van der Waals surface area contributed by atoms with E-state index in [1.165, 1.54) is 12.0 Å². The Hall–Kier alpha value is -3.47. The summed E-state index contributed by atoms with van der Waals surface area (Å²) < 4.78 is 37.7. The molecule has 0 saturated heterocycles. The Balaban J connectivity index is 1.58. The third kappa shape index (κ3) is 5.63. The second kappa shape index (κ2) is 11.7. The van der Waals surface area contributed by atoms with Crippen LogP contribution in [0.5, 0.6) is 5.75 Å². The molecule has 222 valence electrons. The van der Waals surface area contributed by atoms with E-state index in [4.69, 9.17) is 4.74 Å². The van der Waals surface area contributed by atoms with E-state index in [9.17, 15) is 18.0 Å². The molecule has 42 heavy (non-hydrogen) atoms. The molecule has 4 bridgehead atoms. The molecule has 1 amide bonds. The molecule has 2 aromatic carbocycles. The maximum atomic E-state index is 13.7. The fourth-order valence-electron chi connectivity index (χ4n) is 6.72. The Bertz CT molecular complexity index is 1680. The molecule has 0 spiro atoms. The lowest BCUT2D eigenvalue weighted by Crippen LogP contribution is -2.43. The van der Waals surface area contributed by atoms with Crippen molar-refractivity contribution in [1.29, 1.82) is 0 Å². The molecular weight excluding hydrogens is 552 g/mol. The van der Waals surface area contributed by atoms with E-state index >= 15 is 0 Å². The molecule has 3 aromatic rings. The highest BCUT2D eigenvalue weighted by Crippen LogP contribution is 2.47. The quantitative estimate of drug-likeness (QED) is 0.451. The van der Waals surface area contributed by atoms with Crippen LogP contribution in [0.25, 0.3) is 28.2 Å². The highest BCUT2D eigenvalue weighted by atomic mass is 32.2. The van der Waals surface area contributed by atoms with Gasteiger partial charge in [-0.1, -0.05) is 25.3 Å². The van der Waals surface area contributed by atoms with Crippen molar-refractivity contribution in [3.05, 3.63) is 58.7 Å². The molecule has 3 heterocycles. The first-order chi connectivity index (χ1) is 20.2. The van der Waals surface area contributed by atoms with E-state index < -0.39 is 16.1 Å². The van der Waals surface area contributed by atoms with E-state index in [0.29, 0.717) is 44.0 Å². The molecule has 0 atom stereocenters. The lowest BCUT2D eigenvalue weighted by atomic mass is 9.81. The van der Waals surface area contributed by atoms with Crippen molar-refractivity contribution in [3.8, 4) is 17.0 Å². The molecule has 1 saturated carbocycles. The van der Waals surface area contributed by atoms with Gasteiger partial charge in [0.1, 0.15) is 5.75 Å². The first-order valence-electron chi connectivity index (χ1n) is 14.8. The fraction of sp³-hybridized carbons (Fsp3) is 0.438. The van der Waals surface area contributed by atoms with Gasteiger partial charge in [0, 0.05) is 47.1 Å². The second-order valence-corrected chi connectivity index (χ2v) is 13.2. The monoisotopic (exact) mass is 590 g/mol. The predicted octanol–water partition coefficient (Wildman–Crippen LogP) is 4.62. The van der Waals surface area contributed by atoms with Gasteiger partial charge < -0.3 is 14.2 Å². The van der Waals surface area contributed by atoms with Gasteiger partial charge in [0.05, 0.1) is 19.3 Å². The van der Waals surface area contributed by atoms with E-state index in [-0.39, 0.29) is 17.9 Å². The summed E-state index contributed by atoms with van der Waals surface area (Å²) in [6, 6.07) is 11.5. The number of ether oxygens (including phenoxy) is 1. The Labute approximate surface area is 247 Å². The number of benzene rings is 2. The molecule has 3 aliphatic rings. The maximum absolute atomic E-state index is 13.7. The molecule has 10 heteroatoms. The van der Waals surface area contributed by atoms with Crippen molar-refractivity contribution in [1.82, 2.24) is 18.9 Å². The van der Waals surface area contributed by atoms with Gasteiger partial charge in [0.2, 0.25) is 0 Å². The van der Waals surface area contributed by atoms with Gasteiger partial charge in [-0.05, 0) is 86.3 Å². The number of amides is 1. The average molecular weight is 591 g/mol. The van der Waals surface area contributed by atoms with Crippen molar-refractivity contribution >= 4 is 38.9 Å². The number of hydrogen-bond donors (Lipinski definition) is 2. The number of allylic oxidation sites excluding steroid dienone is 1. The largest absolute Gasteiger partial charge is 0.497 e.